The van der Waals surface area contributed by atoms with Crippen molar-refractivity contribution in [2.75, 3.05) is 0 Å². The molecule has 24 heavy (non-hydrogen) atoms. The van der Waals surface area contributed by atoms with E-state index in [9.17, 15) is 4.79 Å². The van der Waals surface area contributed by atoms with Crippen molar-refractivity contribution in [1.29, 1.82) is 0 Å². The number of hydrazone groups is 1. The fourth-order valence-electron chi connectivity index (χ4n) is 2.79. The van der Waals surface area contributed by atoms with Crippen LogP contribution in [-0.4, -0.2) is 12.1 Å². The lowest BCUT2D eigenvalue weighted by Crippen LogP contribution is -2.20. The highest BCUT2D eigenvalue weighted by Crippen LogP contribution is 2.16. The summed E-state index contributed by atoms with van der Waals surface area (Å²) in [6, 6.07) is 20.3. The largest absolute Gasteiger partial charge is 0.273 e. The van der Waals surface area contributed by atoms with Crippen LogP contribution in [0.1, 0.15) is 22.3 Å². The normalized spacial score (nSPS) is 11.1. The molecule has 0 aliphatic carbocycles. The van der Waals surface area contributed by atoms with Crippen LogP contribution in [0.4, 0.5) is 0 Å². The number of nitrogens with zero attached hydrogens (tertiary/aromatic N) is 1. The number of benzene rings is 3. The van der Waals surface area contributed by atoms with Crippen LogP contribution in [0.5, 0.6) is 0 Å². The molecule has 0 saturated carbocycles. The maximum absolute atomic E-state index is 12.1. The van der Waals surface area contributed by atoms with Crippen molar-refractivity contribution in [1.82, 2.24) is 5.43 Å². The Labute approximate surface area is 142 Å². The highest BCUT2D eigenvalue weighted by molar-refractivity contribution is 5.99. The molecule has 0 heterocycles. The van der Waals surface area contributed by atoms with Gasteiger partial charge in [-0.05, 0) is 35.7 Å². The summed E-state index contributed by atoms with van der Waals surface area (Å²) in [5.74, 6) is -0.113. The second-order valence-corrected chi connectivity index (χ2v) is 5.97. The first-order valence-corrected chi connectivity index (χ1v) is 7.99. The van der Waals surface area contributed by atoms with Gasteiger partial charge in [0.1, 0.15) is 0 Å². The Hall–Kier alpha value is -2.94. The van der Waals surface area contributed by atoms with Crippen LogP contribution in [0, 0.1) is 13.8 Å². The van der Waals surface area contributed by atoms with Gasteiger partial charge in [-0.1, -0.05) is 66.2 Å². The third-order valence-corrected chi connectivity index (χ3v) is 4.07. The molecule has 0 fully saturated rings. The summed E-state index contributed by atoms with van der Waals surface area (Å²) in [4.78, 5) is 12.1. The fourth-order valence-corrected chi connectivity index (χ4v) is 2.79. The Bertz CT molecular complexity index is 907. The van der Waals surface area contributed by atoms with Crippen molar-refractivity contribution in [3.8, 4) is 0 Å². The molecular weight excluding hydrogens is 296 g/mol. The molecule has 3 rings (SSSR count). The third-order valence-electron chi connectivity index (χ3n) is 4.07. The molecule has 3 nitrogen and oxygen atoms in total. The molecule has 0 unspecified atom stereocenters. The fraction of sp³-hybridized carbons (Fsp3) is 0.143. The molecule has 0 aromatic heterocycles. The maximum Gasteiger partial charge on any atom is 0.244 e. The lowest BCUT2D eigenvalue weighted by Gasteiger charge is -2.06. The van der Waals surface area contributed by atoms with Gasteiger partial charge in [0.15, 0.2) is 0 Å². The molecule has 0 atom stereocenters. The van der Waals surface area contributed by atoms with Crippen LogP contribution in [0.2, 0.25) is 0 Å². The summed E-state index contributed by atoms with van der Waals surface area (Å²) in [6.45, 7) is 4.07. The minimum absolute atomic E-state index is 0.113. The summed E-state index contributed by atoms with van der Waals surface area (Å²) in [7, 11) is 0. The van der Waals surface area contributed by atoms with Crippen LogP contribution in [0.15, 0.2) is 65.8 Å². The van der Waals surface area contributed by atoms with Crippen LogP contribution in [-0.2, 0) is 11.2 Å². The van der Waals surface area contributed by atoms with E-state index in [1.807, 2.05) is 56.3 Å². The zero-order valence-electron chi connectivity index (χ0n) is 13.9. The van der Waals surface area contributed by atoms with E-state index in [1.165, 1.54) is 5.56 Å². The highest BCUT2D eigenvalue weighted by Gasteiger charge is 2.05. The monoisotopic (exact) mass is 316 g/mol. The quantitative estimate of drug-likeness (QED) is 0.570. The number of carbonyl (C=O) groups is 1. The molecule has 3 aromatic carbocycles. The minimum atomic E-state index is -0.113. The number of rotatable bonds is 4. The van der Waals surface area contributed by atoms with Gasteiger partial charge in [-0.3, -0.25) is 4.79 Å². The van der Waals surface area contributed by atoms with Crippen molar-refractivity contribution in [3.05, 3.63) is 82.9 Å². The molecule has 0 spiro atoms. The molecule has 120 valence electrons. The van der Waals surface area contributed by atoms with E-state index in [0.29, 0.717) is 6.42 Å². The number of hydrogen-bond donors (Lipinski definition) is 1. The first-order chi connectivity index (χ1) is 11.6. The number of carbonyl (C=O) groups excluding carboxylic acids is 1. The zero-order chi connectivity index (χ0) is 16.9. The van der Waals surface area contributed by atoms with E-state index in [0.717, 1.165) is 27.5 Å². The lowest BCUT2D eigenvalue weighted by molar-refractivity contribution is -0.120. The van der Waals surface area contributed by atoms with Crippen LogP contribution in [0.3, 0.4) is 0 Å². The third kappa shape index (κ3) is 3.69. The van der Waals surface area contributed by atoms with Gasteiger partial charge < -0.3 is 0 Å². The predicted octanol–water partition coefficient (Wildman–Crippen LogP) is 4.15. The first kappa shape index (κ1) is 15.9. The van der Waals surface area contributed by atoms with Gasteiger partial charge in [0, 0.05) is 5.56 Å². The number of aryl methyl sites for hydroxylation is 2. The van der Waals surface area contributed by atoms with Crippen molar-refractivity contribution in [2.24, 2.45) is 5.10 Å². The Morgan fingerprint density at radius 2 is 1.83 bits per heavy atom. The topological polar surface area (TPSA) is 41.5 Å². The van der Waals surface area contributed by atoms with Crippen molar-refractivity contribution < 1.29 is 4.79 Å². The molecule has 1 N–H and O–H groups in total. The van der Waals surface area contributed by atoms with E-state index >= 15 is 0 Å². The summed E-state index contributed by atoms with van der Waals surface area (Å²) in [5, 5.41) is 6.38. The van der Waals surface area contributed by atoms with E-state index < -0.39 is 0 Å². The average molecular weight is 316 g/mol. The van der Waals surface area contributed by atoms with E-state index in [-0.39, 0.29) is 5.91 Å². The second kappa shape index (κ2) is 7.09. The van der Waals surface area contributed by atoms with Gasteiger partial charge in [-0.15, -0.1) is 0 Å². The zero-order valence-corrected chi connectivity index (χ0v) is 13.9. The molecule has 0 bridgehead atoms. The molecule has 0 aliphatic heterocycles. The molecule has 0 saturated heterocycles. The molecule has 3 aromatic rings. The average Bonchev–Trinajstić information content (AvgIpc) is 2.58. The van der Waals surface area contributed by atoms with E-state index in [4.69, 9.17) is 0 Å². The van der Waals surface area contributed by atoms with Gasteiger partial charge >= 0.3 is 0 Å². The van der Waals surface area contributed by atoms with Crippen LogP contribution < -0.4 is 5.43 Å². The van der Waals surface area contributed by atoms with Gasteiger partial charge in [0.2, 0.25) is 5.91 Å². The predicted molar refractivity (Wildman–Crippen MR) is 99.3 cm³/mol. The summed E-state index contributed by atoms with van der Waals surface area (Å²) >= 11 is 0. The summed E-state index contributed by atoms with van der Waals surface area (Å²) < 4.78 is 0. The lowest BCUT2D eigenvalue weighted by atomic mass is 10.0. The van der Waals surface area contributed by atoms with Gasteiger partial charge in [-0.25, -0.2) is 5.43 Å². The van der Waals surface area contributed by atoms with E-state index in [1.54, 1.807) is 6.21 Å². The Morgan fingerprint density at radius 3 is 2.67 bits per heavy atom. The number of nitrogens with one attached hydrogen (secondary N) is 1. The van der Waals surface area contributed by atoms with Gasteiger partial charge in [0.05, 0.1) is 12.6 Å². The summed E-state index contributed by atoms with van der Waals surface area (Å²) in [6.07, 6.45) is 2.03. The standard InChI is InChI=1S/C21H20N2O/c1-15-10-11-18(16(2)12-15)13-21(24)23-22-14-19-8-5-7-17-6-3-4-9-20(17)19/h3-12,14H,13H2,1-2H3,(H,23,24)/b22-14-. The Morgan fingerprint density at radius 1 is 1.04 bits per heavy atom. The number of fused-ring (bicyclic) bond motifs is 1. The van der Waals surface area contributed by atoms with E-state index in [2.05, 4.69) is 28.7 Å². The van der Waals surface area contributed by atoms with Gasteiger partial charge in [0.25, 0.3) is 0 Å². The number of amides is 1. The first-order valence-electron chi connectivity index (χ1n) is 7.99. The van der Waals surface area contributed by atoms with Crippen molar-refractivity contribution >= 4 is 22.9 Å². The van der Waals surface area contributed by atoms with Gasteiger partial charge in [-0.2, -0.15) is 5.10 Å². The smallest absolute Gasteiger partial charge is 0.244 e. The minimum Gasteiger partial charge on any atom is -0.273 e. The highest BCUT2D eigenvalue weighted by atomic mass is 16.2. The molecular formula is C21H20N2O. The van der Waals surface area contributed by atoms with Crippen molar-refractivity contribution in [2.45, 2.75) is 20.3 Å². The molecule has 0 aliphatic rings. The van der Waals surface area contributed by atoms with Crippen LogP contribution in [0.25, 0.3) is 10.8 Å². The van der Waals surface area contributed by atoms with Crippen molar-refractivity contribution in [3.63, 3.8) is 0 Å². The SMILES string of the molecule is Cc1ccc(CC(=O)N/N=C\c2cccc3ccccc23)c(C)c1. The molecule has 0 radical (unpaired) electrons. The number of hydrogen-bond acceptors (Lipinski definition) is 2. The summed E-state index contributed by atoms with van der Waals surface area (Å²) in [5.41, 5.74) is 6.96. The maximum atomic E-state index is 12.1. The van der Waals surface area contributed by atoms with Crippen LogP contribution >= 0.6 is 0 Å². The molecule has 3 heteroatoms. The Balaban J connectivity index is 1.68. The second-order valence-electron chi connectivity index (χ2n) is 5.97. The Kier molecular flexibility index (Phi) is 4.71. The molecule has 1 amide bonds.